The van der Waals surface area contributed by atoms with Crippen molar-refractivity contribution in [3.63, 3.8) is 0 Å². The number of nitriles is 1. The van der Waals surface area contributed by atoms with Gasteiger partial charge >= 0.3 is 0 Å². The van der Waals surface area contributed by atoms with Crippen LogP contribution in [0.15, 0.2) is 30.3 Å². The highest BCUT2D eigenvalue weighted by Crippen LogP contribution is 2.23. The van der Waals surface area contributed by atoms with Gasteiger partial charge in [0.1, 0.15) is 5.82 Å². The molecule has 1 aromatic heterocycles. The molecule has 0 aliphatic carbocycles. The van der Waals surface area contributed by atoms with Crippen LogP contribution in [0.25, 0.3) is 10.9 Å². The summed E-state index contributed by atoms with van der Waals surface area (Å²) in [5, 5.41) is 13.4. The molecular weight excluding hydrogens is 254 g/mol. The fraction of sp³-hybridized carbons (Fsp3) is 0.333. The number of fused-ring (bicyclic) bond motifs is 1. The fourth-order valence-electron chi connectivity index (χ4n) is 1.73. The van der Waals surface area contributed by atoms with Gasteiger partial charge < -0.3 is 5.32 Å². The molecule has 1 aromatic carbocycles. The van der Waals surface area contributed by atoms with Crippen molar-refractivity contribution in [3.05, 3.63) is 35.9 Å². The van der Waals surface area contributed by atoms with E-state index in [9.17, 15) is 5.26 Å². The average Bonchev–Trinajstić information content (AvgIpc) is 2.44. The molecule has 2 aromatic rings. The van der Waals surface area contributed by atoms with Crippen LogP contribution in [0.2, 0.25) is 0 Å². The molecule has 0 aliphatic heterocycles. The third-order valence-corrected chi connectivity index (χ3v) is 4.33. The number of hydrogen-bond acceptors (Lipinski definition) is 4. The predicted octanol–water partition coefficient (Wildman–Crippen LogP) is 3.66. The van der Waals surface area contributed by atoms with Gasteiger partial charge in [0, 0.05) is 16.7 Å². The van der Waals surface area contributed by atoms with Crippen LogP contribution in [0.5, 0.6) is 0 Å². The first kappa shape index (κ1) is 13.7. The zero-order valence-electron chi connectivity index (χ0n) is 11.4. The van der Waals surface area contributed by atoms with E-state index in [1.54, 1.807) is 11.8 Å². The van der Waals surface area contributed by atoms with E-state index in [0.29, 0.717) is 5.56 Å². The number of nitrogens with one attached hydrogen (secondary N) is 1. The Balaban J connectivity index is 2.33. The highest BCUT2D eigenvalue weighted by Gasteiger charge is 2.16. The lowest BCUT2D eigenvalue weighted by Gasteiger charge is -2.22. The number of anilines is 1. The van der Waals surface area contributed by atoms with E-state index < -0.39 is 0 Å². The van der Waals surface area contributed by atoms with Gasteiger partial charge in [-0.05, 0) is 32.2 Å². The number of hydrogen-bond donors (Lipinski definition) is 1. The van der Waals surface area contributed by atoms with Crippen molar-refractivity contribution in [3.8, 4) is 6.07 Å². The first-order valence-electron chi connectivity index (χ1n) is 6.15. The first-order chi connectivity index (χ1) is 9.05. The van der Waals surface area contributed by atoms with Crippen molar-refractivity contribution in [1.82, 2.24) is 4.98 Å². The molecule has 0 saturated heterocycles. The van der Waals surface area contributed by atoms with Crippen LogP contribution < -0.4 is 5.32 Å². The summed E-state index contributed by atoms with van der Waals surface area (Å²) in [6.07, 6.45) is 2.09. The monoisotopic (exact) mass is 271 g/mol. The maximum absolute atomic E-state index is 9.22. The summed E-state index contributed by atoms with van der Waals surface area (Å²) in [6.45, 7) is 5.16. The van der Waals surface area contributed by atoms with E-state index >= 15 is 0 Å². The molecule has 1 heterocycles. The Hall–Kier alpha value is -1.73. The van der Waals surface area contributed by atoms with Gasteiger partial charge in [0.15, 0.2) is 0 Å². The largest absolute Gasteiger partial charge is 0.369 e. The van der Waals surface area contributed by atoms with E-state index in [4.69, 9.17) is 0 Å². The minimum absolute atomic E-state index is 0.139. The van der Waals surface area contributed by atoms with Crippen LogP contribution in [0.1, 0.15) is 19.4 Å². The summed E-state index contributed by atoms with van der Waals surface area (Å²) in [5.74, 6) is 0.761. The molecule has 0 radical (unpaired) electrons. The van der Waals surface area contributed by atoms with Gasteiger partial charge in [-0.25, -0.2) is 4.98 Å². The van der Waals surface area contributed by atoms with Crippen LogP contribution in [-0.4, -0.2) is 22.5 Å². The number of rotatable bonds is 4. The molecule has 0 atom stereocenters. The maximum atomic E-state index is 9.22. The smallest absolute Gasteiger partial charge is 0.128 e. The average molecular weight is 271 g/mol. The third-order valence-electron chi connectivity index (χ3n) is 3.08. The lowest BCUT2D eigenvalue weighted by Crippen LogP contribution is -2.26. The zero-order chi connectivity index (χ0) is 13.9. The van der Waals surface area contributed by atoms with Gasteiger partial charge in [0.25, 0.3) is 0 Å². The molecule has 0 unspecified atom stereocenters. The summed E-state index contributed by atoms with van der Waals surface area (Å²) in [5.41, 5.74) is 1.51. The second kappa shape index (κ2) is 5.50. The number of benzene rings is 1. The summed E-state index contributed by atoms with van der Waals surface area (Å²) in [4.78, 5) is 4.55. The van der Waals surface area contributed by atoms with Crippen molar-refractivity contribution in [2.45, 2.75) is 18.6 Å². The summed E-state index contributed by atoms with van der Waals surface area (Å²) in [7, 11) is 0. The molecule has 0 saturated carbocycles. The van der Waals surface area contributed by atoms with E-state index in [2.05, 4.69) is 36.5 Å². The summed E-state index contributed by atoms with van der Waals surface area (Å²) < 4.78 is 0.139. The highest BCUT2D eigenvalue weighted by atomic mass is 32.2. The minimum Gasteiger partial charge on any atom is -0.369 e. The number of para-hydroxylation sites is 1. The quantitative estimate of drug-likeness (QED) is 0.922. The van der Waals surface area contributed by atoms with Crippen molar-refractivity contribution < 1.29 is 0 Å². The SMILES string of the molecule is CSC(C)(C)CNc1cc(C#N)c2ccccc2n1. The standard InChI is InChI=1S/C15H17N3S/c1-15(2,19-3)10-17-14-8-11(9-16)12-6-4-5-7-13(12)18-14/h4-8H,10H2,1-3H3,(H,17,18). The summed E-state index contributed by atoms with van der Waals surface area (Å²) >= 11 is 1.80. The molecule has 0 aliphatic rings. The van der Waals surface area contributed by atoms with Crippen molar-refractivity contribution >= 4 is 28.5 Å². The molecule has 1 N–H and O–H groups in total. The third kappa shape index (κ3) is 3.18. The molecule has 0 amide bonds. The van der Waals surface area contributed by atoms with Crippen LogP contribution in [-0.2, 0) is 0 Å². The maximum Gasteiger partial charge on any atom is 0.128 e. The Labute approximate surface area is 118 Å². The normalized spacial score (nSPS) is 11.3. The molecule has 0 spiro atoms. The van der Waals surface area contributed by atoms with Gasteiger partial charge in [-0.3, -0.25) is 0 Å². The second-order valence-electron chi connectivity index (χ2n) is 5.00. The van der Waals surface area contributed by atoms with Gasteiger partial charge in [-0.15, -0.1) is 0 Å². The van der Waals surface area contributed by atoms with Crippen LogP contribution in [0, 0.1) is 11.3 Å². The molecule has 3 nitrogen and oxygen atoms in total. The molecule has 0 bridgehead atoms. The topological polar surface area (TPSA) is 48.7 Å². The molecule has 4 heteroatoms. The Kier molecular flexibility index (Phi) is 3.96. The molecule has 2 rings (SSSR count). The Morgan fingerprint density at radius 1 is 1.37 bits per heavy atom. The predicted molar refractivity (Wildman–Crippen MR) is 82.5 cm³/mol. The Morgan fingerprint density at radius 2 is 2.11 bits per heavy atom. The molecule has 98 valence electrons. The molecule has 19 heavy (non-hydrogen) atoms. The molecular formula is C15H17N3S. The van der Waals surface area contributed by atoms with E-state index in [1.165, 1.54) is 0 Å². The number of pyridine rings is 1. The fourth-order valence-corrected chi connectivity index (χ4v) is 1.95. The van der Waals surface area contributed by atoms with Gasteiger partial charge in [0.05, 0.1) is 17.1 Å². The van der Waals surface area contributed by atoms with E-state index in [1.807, 2.05) is 30.3 Å². The number of nitrogens with zero attached hydrogens (tertiary/aromatic N) is 2. The first-order valence-corrected chi connectivity index (χ1v) is 7.37. The number of aromatic nitrogens is 1. The van der Waals surface area contributed by atoms with Crippen molar-refractivity contribution in [2.24, 2.45) is 0 Å². The Morgan fingerprint density at radius 3 is 2.79 bits per heavy atom. The molecule has 0 fully saturated rings. The van der Waals surface area contributed by atoms with Gasteiger partial charge in [-0.1, -0.05) is 18.2 Å². The van der Waals surface area contributed by atoms with E-state index in [-0.39, 0.29) is 4.75 Å². The van der Waals surface area contributed by atoms with Crippen LogP contribution >= 0.6 is 11.8 Å². The van der Waals surface area contributed by atoms with Gasteiger partial charge in [-0.2, -0.15) is 17.0 Å². The summed E-state index contributed by atoms with van der Waals surface area (Å²) in [6, 6.07) is 11.8. The minimum atomic E-state index is 0.139. The number of thioether (sulfide) groups is 1. The highest BCUT2D eigenvalue weighted by molar-refractivity contribution is 7.99. The lowest BCUT2D eigenvalue weighted by molar-refractivity contribution is 0.750. The van der Waals surface area contributed by atoms with E-state index in [0.717, 1.165) is 23.3 Å². The van der Waals surface area contributed by atoms with Crippen molar-refractivity contribution in [1.29, 1.82) is 5.26 Å². The second-order valence-corrected chi connectivity index (χ2v) is 6.51. The van der Waals surface area contributed by atoms with Crippen molar-refractivity contribution in [2.75, 3.05) is 18.1 Å². The van der Waals surface area contributed by atoms with Crippen LogP contribution in [0.4, 0.5) is 5.82 Å². The zero-order valence-corrected chi connectivity index (χ0v) is 12.2. The van der Waals surface area contributed by atoms with Gasteiger partial charge in [0.2, 0.25) is 0 Å². The lowest BCUT2D eigenvalue weighted by atomic mass is 10.1. The Bertz CT molecular complexity index is 629. The van der Waals surface area contributed by atoms with Crippen LogP contribution in [0.3, 0.4) is 0 Å².